The molecule has 1 aliphatic heterocycles. The van der Waals surface area contributed by atoms with Crippen molar-refractivity contribution in [3.63, 3.8) is 0 Å². The molecule has 0 aromatic carbocycles. The van der Waals surface area contributed by atoms with Crippen LogP contribution in [0, 0.1) is 5.92 Å². The molecule has 0 atom stereocenters. The van der Waals surface area contributed by atoms with Crippen LogP contribution >= 0.6 is 0 Å². The topological polar surface area (TPSA) is 63.7 Å². The monoisotopic (exact) mass is 302 g/mol. The van der Waals surface area contributed by atoms with Crippen molar-refractivity contribution < 1.29 is 4.74 Å². The number of pyridine rings is 1. The lowest BCUT2D eigenvalue weighted by Gasteiger charge is -2.21. The molecule has 2 aliphatic rings. The largest absolute Gasteiger partial charge is 0.477 e. The number of guanidine groups is 1. The molecule has 5 heteroatoms. The Morgan fingerprint density at radius 2 is 2.05 bits per heavy atom. The van der Waals surface area contributed by atoms with Crippen molar-refractivity contribution >= 4 is 5.96 Å². The van der Waals surface area contributed by atoms with Crippen LogP contribution in [0.25, 0.3) is 0 Å². The minimum absolute atomic E-state index is 0.588. The van der Waals surface area contributed by atoms with Gasteiger partial charge >= 0.3 is 0 Å². The quantitative estimate of drug-likeness (QED) is 0.670. The molecule has 0 radical (unpaired) electrons. The van der Waals surface area contributed by atoms with Crippen molar-refractivity contribution in [1.82, 2.24) is 9.88 Å². The van der Waals surface area contributed by atoms with Crippen molar-refractivity contribution in [2.75, 3.05) is 19.7 Å². The predicted octanol–water partition coefficient (Wildman–Crippen LogP) is 2.56. The molecule has 0 spiro atoms. The van der Waals surface area contributed by atoms with Crippen LogP contribution in [0.3, 0.4) is 0 Å². The highest BCUT2D eigenvalue weighted by molar-refractivity contribution is 5.78. The van der Waals surface area contributed by atoms with E-state index >= 15 is 0 Å². The van der Waals surface area contributed by atoms with E-state index in [1.165, 1.54) is 38.5 Å². The van der Waals surface area contributed by atoms with Gasteiger partial charge in [-0.25, -0.2) is 9.98 Å². The average molecular weight is 302 g/mol. The molecule has 2 fully saturated rings. The Hall–Kier alpha value is -1.78. The number of nitrogens with two attached hydrogens (primary N) is 1. The van der Waals surface area contributed by atoms with E-state index in [9.17, 15) is 0 Å². The second-order valence-corrected chi connectivity index (χ2v) is 6.33. The Kier molecular flexibility index (Phi) is 5.14. The van der Waals surface area contributed by atoms with Gasteiger partial charge < -0.3 is 15.4 Å². The molecule has 0 amide bonds. The highest BCUT2D eigenvalue weighted by Crippen LogP contribution is 2.29. The molecule has 2 N–H and O–H groups in total. The fraction of sp³-hybridized carbons (Fsp3) is 0.647. The second-order valence-electron chi connectivity index (χ2n) is 6.33. The third-order valence-electron chi connectivity index (χ3n) is 4.32. The van der Waals surface area contributed by atoms with E-state index in [-0.39, 0.29) is 0 Å². The molecule has 0 unspecified atom stereocenters. The summed E-state index contributed by atoms with van der Waals surface area (Å²) in [6, 6.07) is 3.95. The van der Waals surface area contributed by atoms with Gasteiger partial charge in [-0.05, 0) is 43.2 Å². The van der Waals surface area contributed by atoms with Crippen molar-refractivity contribution in [3.05, 3.63) is 23.9 Å². The summed E-state index contributed by atoms with van der Waals surface area (Å²) in [6.07, 6.45) is 9.39. The molecule has 120 valence electrons. The molecule has 5 nitrogen and oxygen atoms in total. The standard InChI is InChI=1S/C17H26N4O/c18-17(21-9-3-1-2-4-10-21)20-12-15-7-8-19-16(11-15)22-13-14-5-6-14/h7-8,11,14H,1-6,9-10,12-13H2,(H2,18,20). The Morgan fingerprint density at radius 3 is 2.77 bits per heavy atom. The number of ether oxygens (including phenoxy) is 1. The summed E-state index contributed by atoms with van der Waals surface area (Å²) in [4.78, 5) is 11.0. The first kappa shape index (κ1) is 15.1. The summed E-state index contributed by atoms with van der Waals surface area (Å²) >= 11 is 0. The Bertz CT molecular complexity index is 505. The number of rotatable bonds is 5. The Balaban J connectivity index is 1.54. The number of hydrogen-bond acceptors (Lipinski definition) is 3. The summed E-state index contributed by atoms with van der Waals surface area (Å²) in [5.74, 6) is 2.11. The Labute approximate surface area is 132 Å². The SMILES string of the molecule is NC(=NCc1ccnc(OCC2CC2)c1)N1CCCCCC1. The van der Waals surface area contributed by atoms with Crippen LogP contribution in [0.15, 0.2) is 23.3 Å². The maximum absolute atomic E-state index is 6.14. The lowest BCUT2D eigenvalue weighted by Crippen LogP contribution is -2.38. The van der Waals surface area contributed by atoms with E-state index in [0.717, 1.165) is 31.2 Å². The van der Waals surface area contributed by atoms with Crippen LogP contribution in [-0.2, 0) is 6.54 Å². The zero-order chi connectivity index (χ0) is 15.2. The fourth-order valence-electron chi connectivity index (χ4n) is 2.69. The zero-order valence-corrected chi connectivity index (χ0v) is 13.2. The normalized spacial score (nSPS) is 19.8. The molecule has 2 heterocycles. The van der Waals surface area contributed by atoms with Crippen LogP contribution in [0.1, 0.15) is 44.1 Å². The number of nitrogens with zero attached hydrogens (tertiary/aromatic N) is 3. The van der Waals surface area contributed by atoms with Gasteiger partial charge in [0, 0.05) is 25.4 Å². The molecule has 1 saturated heterocycles. The van der Waals surface area contributed by atoms with Gasteiger partial charge in [0.25, 0.3) is 0 Å². The van der Waals surface area contributed by atoms with E-state index in [0.29, 0.717) is 18.4 Å². The van der Waals surface area contributed by atoms with Crippen LogP contribution in [-0.4, -0.2) is 35.5 Å². The van der Waals surface area contributed by atoms with Crippen LogP contribution in [0.2, 0.25) is 0 Å². The molecule has 22 heavy (non-hydrogen) atoms. The van der Waals surface area contributed by atoms with Crippen LogP contribution in [0.4, 0.5) is 0 Å². The molecule has 1 aromatic rings. The van der Waals surface area contributed by atoms with Crippen molar-refractivity contribution in [3.8, 4) is 5.88 Å². The fourth-order valence-corrected chi connectivity index (χ4v) is 2.69. The first-order valence-electron chi connectivity index (χ1n) is 8.44. The minimum Gasteiger partial charge on any atom is -0.477 e. The minimum atomic E-state index is 0.588. The summed E-state index contributed by atoms with van der Waals surface area (Å²) in [5.41, 5.74) is 7.24. The molecule has 0 bridgehead atoms. The van der Waals surface area contributed by atoms with Crippen molar-refractivity contribution in [1.29, 1.82) is 0 Å². The summed E-state index contributed by atoms with van der Waals surface area (Å²) in [7, 11) is 0. The van der Waals surface area contributed by atoms with Gasteiger partial charge in [-0.2, -0.15) is 0 Å². The van der Waals surface area contributed by atoms with E-state index in [4.69, 9.17) is 10.5 Å². The van der Waals surface area contributed by atoms with E-state index in [1.807, 2.05) is 12.1 Å². The summed E-state index contributed by atoms with van der Waals surface area (Å²) in [6.45, 7) is 3.43. The first-order valence-corrected chi connectivity index (χ1v) is 8.44. The summed E-state index contributed by atoms with van der Waals surface area (Å²) in [5, 5.41) is 0. The van der Waals surface area contributed by atoms with Gasteiger partial charge in [0.05, 0.1) is 13.2 Å². The average Bonchev–Trinajstić information content (AvgIpc) is 3.37. The highest BCUT2D eigenvalue weighted by atomic mass is 16.5. The highest BCUT2D eigenvalue weighted by Gasteiger charge is 2.22. The molecule has 1 saturated carbocycles. The van der Waals surface area contributed by atoms with Crippen molar-refractivity contribution in [2.24, 2.45) is 16.6 Å². The molecule has 3 rings (SSSR count). The number of aromatic nitrogens is 1. The molecule has 1 aliphatic carbocycles. The molecular formula is C17H26N4O. The Morgan fingerprint density at radius 1 is 1.27 bits per heavy atom. The van der Waals surface area contributed by atoms with Crippen LogP contribution in [0.5, 0.6) is 5.88 Å². The number of likely N-dealkylation sites (tertiary alicyclic amines) is 1. The molecular weight excluding hydrogens is 276 g/mol. The third kappa shape index (κ3) is 4.61. The van der Waals surface area contributed by atoms with Gasteiger partial charge in [0.15, 0.2) is 5.96 Å². The number of hydrogen-bond donors (Lipinski definition) is 1. The lowest BCUT2D eigenvalue weighted by atomic mass is 10.2. The van der Waals surface area contributed by atoms with Gasteiger partial charge in [0.1, 0.15) is 0 Å². The predicted molar refractivity (Wildman–Crippen MR) is 87.8 cm³/mol. The third-order valence-corrected chi connectivity index (χ3v) is 4.32. The first-order chi connectivity index (χ1) is 10.8. The van der Waals surface area contributed by atoms with Gasteiger partial charge in [-0.3, -0.25) is 0 Å². The lowest BCUT2D eigenvalue weighted by molar-refractivity contribution is 0.288. The van der Waals surface area contributed by atoms with Gasteiger partial charge in [-0.15, -0.1) is 0 Å². The smallest absolute Gasteiger partial charge is 0.213 e. The van der Waals surface area contributed by atoms with E-state index in [2.05, 4.69) is 14.9 Å². The van der Waals surface area contributed by atoms with Crippen molar-refractivity contribution in [2.45, 2.75) is 45.1 Å². The maximum atomic E-state index is 6.14. The van der Waals surface area contributed by atoms with E-state index < -0.39 is 0 Å². The second kappa shape index (κ2) is 7.47. The number of aliphatic imine (C=N–C) groups is 1. The van der Waals surface area contributed by atoms with E-state index in [1.54, 1.807) is 6.20 Å². The van der Waals surface area contributed by atoms with Gasteiger partial charge in [0.2, 0.25) is 5.88 Å². The van der Waals surface area contributed by atoms with Gasteiger partial charge in [-0.1, -0.05) is 12.8 Å². The summed E-state index contributed by atoms with van der Waals surface area (Å²) < 4.78 is 5.71. The molecule has 1 aromatic heterocycles. The van der Waals surface area contributed by atoms with Crippen LogP contribution < -0.4 is 10.5 Å². The maximum Gasteiger partial charge on any atom is 0.213 e. The zero-order valence-electron chi connectivity index (χ0n) is 13.2.